The Morgan fingerprint density at radius 1 is 1.36 bits per heavy atom. The first-order chi connectivity index (χ1) is 10.2. The standard InChI is InChI=1S/C16H25N3O3/c1-11-9-19(14(20)12(2)17-11)13-7-6-8-18(10-13)15(21)22-16(3,4)5/h9,13H,6-8,10H2,1-5H3/t13-/m1/s1. The molecule has 6 heteroatoms. The molecule has 0 aliphatic carbocycles. The van der Waals surface area contributed by atoms with E-state index in [-0.39, 0.29) is 17.7 Å². The molecular weight excluding hydrogens is 282 g/mol. The van der Waals surface area contributed by atoms with Crippen molar-refractivity contribution < 1.29 is 9.53 Å². The van der Waals surface area contributed by atoms with Crippen molar-refractivity contribution in [3.05, 3.63) is 27.9 Å². The molecule has 1 aliphatic heterocycles. The SMILES string of the molecule is Cc1cn([C@@H]2CCCN(C(=O)OC(C)(C)C)C2)c(=O)c(C)n1. The van der Waals surface area contributed by atoms with E-state index in [1.165, 1.54) is 0 Å². The smallest absolute Gasteiger partial charge is 0.410 e. The molecule has 1 atom stereocenters. The molecule has 1 amide bonds. The van der Waals surface area contributed by atoms with Gasteiger partial charge in [-0.25, -0.2) is 4.79 Å². The van der Waals surface area contributed by atoms with Gasteiger partial charge in [0.1, 0.15) is 11.3 Å². The molecule has 0 radical (unpaired) electrons. The van der Waals surface area contributed by atoms with Gasteiger partial charge >= 0.3 is 6.09 Å². The second-order valence-electron chi connectivity index (χ2n) is 6.90. The van der Waals surface area contributed by atoms with Crippen LogP contribution in [0.2, 0.25) is 0 Å². The van der Waals surface area contributed by atoms with E-state index < -0.39 is 5.60 Å². The van der Waals surface area contributed by atoms with Crippen LogP contribution in [0.4, 0.5) is 4.79 Å². The first kappa shape index (κ1) is 16.5. The Hall–Kier alpha value is -1.85. The van der Waals surface area contributed by atoms with Gasteiger partial charge in [-0.15, -0.1) is 0 Å². The van der Waals surface area contributed by atoms with Crippen LogP contribution in [0.5, 0.6) is 0 Å². The van der Waals surface area contributed by atoms with Crippen LogP contribution < -0.4 is 5.56 Å². The number of hydrogen-bond acceptors (Lipinski definition) is 4. The van der Waals surface area contributed by atoms with E-state index in [1.807, 2.05) is 27.7 Å². The van der Waals surface area contributed by atoms with Crippen LogP contribution in [-0.2, 0) is 4.74 Å². The van der Waals surface area contributed by atoms with Crippen molar-refractivity contribution in [3.8, 4) is 0 Å². The molecule has 122 valence electrons. The predicted molar refractivity (Wildman–Crippen MR) is 84.0 cm³/mol. The maximum Gasteiger partial charge on any atom is 0.410 e. The summed E-state index contributed by atoms with van der Waals surface area (Å²) in [6, 6.07) is -0.0193. The first-order valence-electron chi connectivity index (χ1n) is 7.71. The fraction of sp³-hybridized carbons (Fsp3) is 0.688. The van der Waals surface area contributed by atoms with E-state index in [1.54, 1.807) is 22.6 Å². The maximum atomic E-state index is 12.3. The van der Waals surface area contributed by atoms with Crippen molar-refractivity contribution in [1.82, 2.24) is 14.5 Å². The number of carbonyl (C=O) groups is 1. The first-order valence-corrected chi connectivity index (χ1v) is 7.71. The molecule has 22 heavy (non-hydrogen) atoms. The molecule has 2 heterocycles. The summed E-state index contributed by atoms with van der Waals surface area (Å²) in [7, 11) is 0. The van der Waals surface area contributed by atoms with E-state index in [2.05, 4.69) is 4.98 Å². The highest BCUT2D eigenvalue weighted by atomic mass is 16.6. The molecule has 2 rings (SSSR count). The Morgan fingerprint density at radius 2 is 2.05 bits per heavy atom. The van der Waals surface area contributed by atoms with Crippen molar-refractivity contribution >= 4 is 6.09 Å². The average Bonchev–Trinajstić information content (AvgIpc) is 2.41. The Bertz CT molecular complexity index is 616. The monoisotopic (exact) mass is 307 g/mol. The largest absolute Gasteiger partial charge is 0.444 e. The summed E-state index contributed by atoms with van der Waals surface area (Å²) in [5, 5.41) is 0. The molecule has 1 aromatic heterocycles. The Balaban J connectivity index is 2.18. The molecule has 0 unspecified atom stereocenters. The topological polar surface area (TPSA) is 64.4 Å². The minimum absolute atomic E-state index is 0.0193. The highest BCUT2D eigenvalue weighted by Crippen LogP contribution is 2.22. The third kappa shape index (κ3) is 3.87. The minimum Gasteiger partial charge on any atom is -0.444 e. The summed E-state index contributed by atoms with van der Waals surface area (Å²) in [5.41, 5.74) is 0.715. The summed E-state index contributed by atoms with van der Waals surface area (Å²) < 4.78 is 7.14. The summed E-state index contributed by atoms with van der Waals surface area (Å²) in [6.07, 6.45) is 3.20. The predicted octanol–water partition coefficient (Wildman–Crippen LogP) is 2.43. The molecule has 0 saturated carbocycles. The second kappa shape index (κ2) is 6.10. The third-order valence-electron chi connectivity index (χ3n) is 3.66. The van der Waals surface area contributed by atoms with Gasteiger partial charge in [0.25, 0.3) is 5.56 Å². The zero-order valence-corrected chi connectivity index (χ0v) is 14.0. The van der Waals surface area contributed by atoms with Gasteiger partial charge in [-0.2, -0.15) is 0 Å². The number of ether oxygens (including phenoxy) is 1. The number of aromatic nitrogens is 2. The van der Waals surface area contributed by atoms with Crippen LogP contribution in [0, 0.1) is 13.8 Å². The zero-order valence-electron chi connectivity index (χ0n) is 14.0. The van der Waals surface area contributed by atoms with Crippen molar-refractivity contribution in [2.45, 2.75) is 59.1 Å². The number of carbonyl (C=O) groups excluding carboxylic acids is 1. The lowest BCUT2D eigenvalue weighted by atomic mass is 10.1. The van der Waals surface area contributed by atoms with E-state index >= 15 is 0 Å². The molecule has 0 bridgehead atoms. The normalized spacial score (nSPS) is 19.1. The number of aryl methyl sites for hydroxylation is 2. The molecule has 0 spiro atoms. The van der Waals surface area contributed by atoms with Gasteiger partial charge < -0.3 is 14.2 Å². The van der Waals surface area contributed by atoms with Crippen molar-refractivity contribution in [1.29, 1.82) is 0 Å². The lowest BCUT2D eigenvalue weighted by molar-refractivity contribution is 0.0171. The lowest BCUT2D eigenvalue weighted by Crippen LogP contribution is -2.45. The number of piperidine rings is 1. The quantitative estimate of drug-likeness (QED) is 0.799. The molecule has 1 fully saturated rings. The molecule has 1 aromatic rings. The van der Waals surface area contributed by atoms with E-state index in [4.69, 9.17) is 4.74 Å². The van der Waals surface area contributed by atoms with Crippen molar-refractivity contribution in [2.75, 3.05) is 13.1 Å². The van der Waals surface area contributed by atoms with E-state index in [0.29, 0.717) is 18.8 Å². The molecule has 0 N–H and O–H groups in total. The average molecular weight is 307 g/mol. The summed E-state index contributed by atoms with van der Waals surface area (Å²) >= 11 is 0. The Morgan fingerprint density at radius 3 is 2.68 bits per heavy atom. The van der Waals surface area contributed by atoms with Crippen LogP contribution in [-0.4, -0.2) is 39.2 Å². The third-order valence-corrected chi connectivity index (χ3v) is 3.66. The van der Waals surface area contributed by atoms with Gasteiger partial charge in [0, 0.05) is 19.3 Å². The highest BCUT2D eigenvalue weighted by molar-refractivity contribution is 5.68. The van der Waals surface area contributed by atoms with Gasteiger partial charge in [-0.1, -0.05) is 0 Å². The fourth-order valence-corrected chi connectivity index (χ4v) is 2.73. The number of rotatable bonds is 1. The maximum absolute atomic E-state index is 12.3. The van der Waals surface area contributed by atoms with Crippen LogP contribution in [0.3, 0.4) is 0 Å². The van der Waals surface area contributed by atoms with Crippen LogP contribution in [0.1, 0.15) is 51.0 Å². The van der Waals surface area contributed by atoms with Crippen molar-refractivity contribution in [2.24, 2.45) is 0 Å². The number of nitrogens with zero attached hydrogens (tertiary/aromatic N) is 3. The molecule has 0 aromatic carbocycles. The number of hydrogen-bond donors (Lipinski definition) is 0. The van der Waals surface area contributed by atoms with Gasteiger partial charge in [-0.05, 0) is 47.5 Å². The molecule has 6 nitrogen and oxygen atoms in total. The van der Waals surface area contributed by atoms with Gasteiger partial charge in [-0.3, -0.25) is 9.78 Å². The lowest BCUT2D eigenvalue weighted by Gasteiger charge is -2.35. The Kier molecular flexibility index (Phi) is 4.58. The summed E-state index contributed by atoms with van der Waals surface area (Å²) in [4.78, 5) is 30.4. The van der Waals surface area contributed by atoms with Gasteiger partial charge in [0.2, 0.25) is 0 Å². The summed E-state index contributed by atoms with van der Waals surface area (Å²) in [6.45, 7) is 10.3. The fourth-order valence-electron chi connectivity index (χ4n) is 2.73. The molecule has 1 aliphatic rings. The number of likely N-dealkylation sites (tertiary alicyclic amines) is 1. The highest BCUT2D eigenvalue weighted by Gasteiger charge is 2.29. The molecule has 1 saturated heterocycles. The van der Waals surface area contributed by atoms with E-state index in [0.717, 1.165) is 18.5 Å². The van der Waals surface area contributed by atoms with Crippen molar-refractivity contribution in [3.63, 3.8) is 0 Å². The van der Waals surface area contributed by atoms with Crippen LogP contribution in [0.25, 0.3) is 0 Å². The van der Waals surface area contributed by atoms with Gasteiger partial charge in [0.05, 0.1) is 11.7 Å². The zero-order chi connectivity index (χ0) is 16.5. The second-order valence-corrected chi connectivity index (χ2v) is 6.90. The molecular formula is C16H25N3O3. The van der Waals surface area contributed by atoms with Crippen LogP contribution in [0.15, 0.2) is 11.0 Å². The summed E-state index contributed by atoms with van der Waals surface area (Å²) in [5.74, 6) is 0. The van der Waals surface area contributed by atoms with Gasteiger partial charge in [0.15, 0.2) is 0 Å². The van der Waals surface area contributed by atoms with E-state index in [9.17, 15) is 9.59 Å². The van der Waals surface area contributed by atoms with Crippen LogP contribution >= 0.6 is 0 Å². The number of amides is 1. The minimum atomic E-state index is -0.509. The Labute approximate surface area is 131 Å².